The molecule has 2 aliphatic heterocycles. The van der Waals surface area contributed by atoms with Gasteiger partial charge in [-0.15, -0.1) is 0 Å². The number of imide groups is 1. The molecule has 0 spiro atoms. The first-order valence-corrected chi connectivity index (χ1v) is 8.08. The zero-order valence-electron chi connectivity index (χ0n) is 13.4. The Kier molecular flexibility index (Phi) is 4.53. The number of hydrogen-bond donors (Lipinski definition) is 0. The lowest BCUT2D eigenvalue weighted by molar-refractivity contribution is -0.188. The first-order chi connectivity index (χ1) is 11.8. The molecule has 0 aromatic heterocycles. The van der Waals surface area contributed by atoms with Crippen LogP contribution in [0.2, 0.25) is 0 Å². The van der Waals surface area contributed by atoms with Gasteiger partial charge < -0.3 is 4.90 Å². The number of alkyl halides is 3. The van der Waals surface area contributed by atoms with Crippen LogP contribution in [0.3, 0.4) is 0 Å². The number of hydrogen-bond acceptors (Lipinski definition) is 3. The minimum Gasteiger partial charge on any atom is -0.342 e. The maximum Gasteiger partial charge on any atom is 0.393 e. The van der Waals surface area contributed by atoms with Gasteiger partial charge in [-0.1, -0.05) is 12.1 Å². The van der Waals surface area contributed by atoms with Crippen molar-refractivity contribution in [3.05, 3.63) is 35.4 Å². The van der Waals surface area contributed by atoms with E-state index in [0.29, 0.717) is 6.42 Å². The van der Waals surface area contributed by atoms with Gasteiger partial charge in [0, 0.05) is 26.1 Å². The monoisotopic (exact) mass is 354 g/mol. The Morgan fingerprint density at radius 3 is 2.28 bits per heavy atom. The molecule has 2 heterocycles. The summed E-state index contributed by atoms with van der Waals surface area (Å²) < 4.78 is 38.5. The van der Waals surface area contributed by atoms with E-state index in [1.54, 1.807) is 12.1 Å². The van der Waals surface area contributed by atoms with Crippen LogP contribution in [0.15, 0.2) is 24.3 Å². The summed E-state index contributed by atoms with van der Waals surface area (Å²) in [4.78, 5) is 38.8. The van der Waals surface area contributed by atoms with Crippen molar-refractivity contribution >= 4 is 17.7 Å². The fourth-order valence-electron chi connectivity index (χ4n) is 3.28. The third-order valence-electron chi connectivity index (χ3n) is 4.66. The van der Waals surface area contributed by atoms with Gasteiger partial charge in [0.1, 0.15) is 0 Å². The molecule has 1 unspecified atom stereocenters. The topological polar surface area (TPSA) is 57.7 Å². The molecule has 2 aliphatic rings. The number of carbonyl (C=O) groups is 3. The number of fused-ring (bicyclic) bond motifs is 1. The molecule has 0 radical (unpaired) electrons. The van der Waals surface area contributed by atoms with Crippen molar-refractivity contribution < 1.29 is 27.6 Å². The summed E-state index contributed by atoms with van der Waals surface area (Å²) in [5.74, 6) is -2.92. The molecule has 0 N–H and O–H groups in total. The van der Waals surface area contributed by atoms with E-state index < -0.39 is 29.8 Å². The number of nitrogens with zero attached hydrogens (tertiary/aromatic N) is 2. The second-order valence-electron chi connectivity index (χ2n) is 6.28. The molecule has 1 saturated heterocycles. The Labute approximate surface area is 142 Å². The van der Waals surface area contributed by atoms with E-state index >= 15 is 0 Å². The molecular formula is C17H17F3N2O3. The van der Waals surface area contributed by atoms with Crippen molar-refractivity contribution in [3.8, 4) is 0 Å². The molecule has 134 valence electrons. The number of rotatable bonds is 3. The van der Waals surface area contributed by atoms with Crippen molar-refractivity contribution in [2.45, 2.75) is 25.4 Å². The summed E-state index contributed by atoms with van der Waals surface area (Å²) in [5.41, 5.74) is 0.574. The van der Waals surface area contributed by atoms with Crippen LogP contribution in [0.5, 0.6) is 0 Å². The molecule has 3 amide bonds. The average molecular weight is 354 g/mol. The van der Waals surface area contributed by atoms with E-state index in [9.17, 15) is 27.6 Å². The molecule has 5 nitrogen and oxygen atoms in total. The fourth-order valence-corrected chi connectivity index (χ4v) is 3.28. The Hall–Kier alpha value is -2.38. The fraction of sp³-hybridized carbons (Fsp3) is 0.471. The van der Waals surface area contributed by atoms with Gasteiger partial charge in [0.15, 0.2) is 0 Å². The molecule has 0 bridgehead atoms. The predicted octanol–water partition coefficient (Wildman–Crippen LogP) is 2.47. The van der Waals surface area contributed by atoms with E-state index in [1.807, 2.05) is 0 Å². The van der Waals surface area contributed by atoms with Crippen LogP contribution in [0, 0.1) is 5.92 Å². The standard InChI is InChI=1S/C17H17F3N2O3/c18-17(19,20)11-4-3-8-21(10-11)14(23)7-9-22-15(24)12-5-1-2-6-13(12)16(22)25/h1-2,5-6,11H,3-4,7-10H2. The van der Waals surface area contributed by atoms with Crippen LogP contribution in [-0.2, 0) is 4.79 Å². The normalized spacial score (nSPS) is 20.8. The molecule has 1 aromatic rings. The molecule has 8 heteroatoms. The lowest BCUT2D eigenvalue weighted by atomic mass is 9.97. The third-order valence-corrected chi connectivity index (χ3v) is 4.66. The van der Waals surface area contributed by atoms with Gasteiger partial charge in [0.05, 0.1) is 17.0 Å². The molecule has 1 atom stereocenters. The predicted molar refractivity (Wildman–Crippen MR) is 81.8 cm³/mol. The number of halogens is 3. The number of piperidine rings is 1. The summed E-state index contributed by atoms with van der Waals surface area (Å²) in [6.07, 6.45) is -4.17. The van der Waals surface area contributed by atoms with Crippen LogP contribution in [-0.4, -0.2) is 53.3 Å². The SMILES string of the molecule is O=C(CCN1C(=O)c2ccccc2C1=O)N1CCCC(C(F)(F)F)C1. The van der Waals surface area contributed by atoms with Crippen molar-refractivity contribution in [3.63, 3.8) is 0 Å². The second kappa shape index (κ2) is 6.50. The van der Waals surface area contributed by atoms with Crippen LogP contribution < -0.4 is 0 Å². The third kappa shape index (κ3) is 3.38. The molecule has 0 saturated carbocycles. The number of likely N-dealkylation sites (tertiary alicyclic amines) is 1. The highest BCUT2D eigenvalue weighted by Crippen LogP contribution is 2.33. The smallest absolute Gasteiger partial charge is 0.342 e. The highest BCUT2D eigenvalue weighted by molar-refractivity contribution is 6.21. The number of benzene rings is 1. The van der Waals surface area contributed by atoms with E-state index in [2.05, 4.69) is 0 Å². The zero-order valence-corrected chi connectivity index (χ0v) is 13.4. The van der Waals surface area contributed by atoms with Crippen LogP contribution in [0.4, 0.5) is 13.2 Å². The Bertz CT molecular complexity index is 682. The average Bonchev–Trinajstić information content (AvgIpc) is 2.83. The lowest BCUT2D eigenvalue weighted by Crippen LogP contribution is -2.45. The van der Waals surface area contributed by atoms with Crippen LogP contribution >= 0.6 is 0 Å². The summed E-state index contributed by atoms with van der Waals surface area (Å²) in [6, 6.07) is 6.36. The molecule has 1 fully saturated rings. The molecule has 25 heavy (non-hydrogen) atoms. The largest absolute Gasteiger partial charge is 0.393 e. The van der Waals surface area contributed by atoms with E-state index in [4.69, 9.17) is 0 Å². The number of carbonyl (C=O) groups excluding carboxylic acids is 3. The number of amides is 3. The van der Waals surface area contributed by atoms with Gasteiger partial charge in [-0.2, -0.15) is 13.2 Å². The van der Waals surface area contributed by atoms with Gasteiger partial charge in [0.25, 0.3) is 11.8 Å². The molecule has 0 aliphatic carbocycles. The van der Waals surface area contributed by atoms with Crippen molar-refractivity contribution in [1.82, 2.24) is 9.80 Å². The van der Waals surface area contributed by atoms with Gasteiger partial charge in [-0.05, 0) is 25.0 Å². The van der Waals surface area contributed by atoms with Gasteiger partial charge in [0.2, 0.25) is 5.91 Å². The molecule has 3 rings (SSSR count). The van der Waals surface area contributed by atoms with Crippen molar-refractivity contribution in [2.75, 3.05) is 19.6 Å². The first-order valence-electron chi connectivity index (χ1n) is 8.08. The minimum atomic E-state index is -4.32. The minimum absolute atomic E-state index is 0.0195. The van der Waals surface area contributed by atoms with E-state index in [0.717, 1.165) is 4.90 Å². The van der Waals surface area contributed by atoms with Crippen molar-refractivity contribution in [1.29, 1.82) is 0 Å². The summed E-state index contributed by atoms with van der Waals surface area (Å²) in [7, 11) is 0. The van der Waals surface area contributed by atoms with E-state index in [-0.39, 0.29) is 43.6 Å². The second-order valence-corrected chi connectivity index (χ2v) is 6.28. The van der Waals surface area contributed by atoms with Gasteiger partial charge in [-0.25, -0.2) is 0 Å². The van der Waals surface area contributed by atoms with Crippen molar-refractivity contribution in [2.24, 2.45) is 5.92 Å². The maximum absolute atomic E-state index is 12.8. The summed E-state index contributed by atoms with van der Waals surface area (Å²) in [6.45, 7) is -0.212. The van der Waals surface area contributed by atoms with Crippen LogP contribution in [0.25, 0.3) is 0 Å². The zero-order chi connectivity index (χ0) is 18.2. The summed E-state index contributed by atoms with van der Waals surface area (Å²) >= 11 is 0. The maximum atomic E-state index is 12.8. The Morgan fingerprint density at radius 1 is 1.12 bits per heavy atom. The Balaban J connectivity index is 1.60. The molecule has 1 aromatic carbocycles. The lowest BCUT2D eigenvalue weighted by Gasteiger charge is -2.34. The Morgan fingerprint density at radius 2 is 1.72 bits per heavy atom. The quantitative estimate of drug-likeness (QED) is 0.784. The highest BCUT2D eigenvalue weighted by atomic mass is 19.4. The van der Waals surface area contributed by atoms with Gasteiger partial charge in [-0.3, -0.25) is 19.3 Å². The molecular weight excluding hydrogens is 337 g/mol. The summed E-state index contributed by atoms with van der Waals surface area (Å²) in [5, 5.41) is 0. The highest BCUT2D eigenvalue weighted by Gasteiger charge is 2.43. The first kappa shape index (κ1) is 17.4. The van der Waals surface area contributed by atoms with E-state index in [1.165, 1.54) is 17.0 Å². The van der Waals surface area contributed by atoms with Gasteiger partial charge >= 0.3 is 6.18 Å². The van der Waals surface area contributed by atoms with Crippen LogP contribution in [0.1, 0.15) is 40.0 Å².